The van der Waals surface area contributed by atoms with Crippen LogP contribution in [0.1, 0.15) is 42.0 Å². The van der Waals surface area contributed by atoms with Gasteiger partial charge in [0.25, 0.3) is 0 Å². The number of hydrogen-bond donors (Lipinski definition) is 2. The van der Waals surface area contributed by atoms with Gasteiger partial charge in [-0.05, 0) is 49.3 Å². The number of carbonyl (C=O) groups excluding carboxylic acids is 1. The molecule has 1 unspecified atom stereocenters. The van der Waals surface area contributed by atoms with E-state index in [1.54, 1.807) is 6.07 Å². The van der Waals surface area contributed by atoms with Gasteiger partial charge in [-0.25, -0.2) is 4.79 Å². The van der Waals surface area contributed by atoms with Crippen molar-refractivity contribution in [1.29, 1.82) is 0 Å². The fourth-order valence-corrected chi connectivity index (χ4v) is 2.79. The number of carboxylic acid groups (broad SMARTS) is 1. The smallest absolute Gasteiger partial charge is 0.330 e. The van der Waals surface area contributed by atoms with Crippen molar-refractivity contribution >= 4 is 11.9 Å². The van der Waals surface area contributed by atoms with Crippen molar-refractivity contribution in [3.63, 3.8) is 0 Å². The Bertz CT molecular complexity index is 550. The van der Waals surface area contributed by atoms with Crippen LogP contribution >= 0.6 is 0 Å². The van der Waals surface area contributed by atoms with E-state index in [0.29, 0.717) is 25.2 Å². The molecule has 0 aliphatic carbocycles. The van der Waals surface area contributed by atoms with Gasteiger partial charge in [0.2, 0.25) is 5.91 Å². The molecular formula is C17H23NO4. The normalized spacial score (nSPS) is 17.0. The van der Waals surface area contributed by atoms with E-state index in [9.17, 15) is 14.7 Å². The molecule has 1 aromatic carbocycles. The maximum Gasteiger partial charge on any atom is 0.330 e. The lowest BCUT2D eigenvalue weighted by Gasteiger charge is -2.23. The van der Waals surface area contributed by atoms with Crippen LogP contribution < -0.4 is 5.32 Å². The zero-order valence-corrected chi connectivity index (χ0v) is 13.1. The molecular weight excluding hydrogens is 282 g/mol. The maximum absolute atomic E-state index is 12.2. The summed E-state index contributed by atoms with van der Waals surface area (Å²) in [7, 11) is 0. The van der Waals surface area contributed by atoms with Crippen LogP contribution in [0.2, 0.25) is 0 Å². The fourth-order valence-electron chi connectivity index (χ4n) is 2.79. The predicted molar refractivity (Wildman–Crippen MR) is 82.6 cm³/mol. The molecule has 1 aliphatic rings. The predicted octanol–water partition coefficient (Wildman–Crippen LogP) is 2.36. The number of rotatable bonds is 5. The second-order valence-corrected chi connectivity index (χ2v) is 5.89. The molecule has 0 saturated carbocycles. The van der Waals surface area contributed by atoms with Gasteiger partial charge in [-0.2, -0.15) is 0 Å². The maximum atomic E-state index is 12.2. The molecule has 1 fully saturated rings. The SMILES string of the molecule is Cc1cccc(C(NC(=O)CC2CCOCC2)C(=O)O)c1C. The van der Waals surface area contributed by atoms with Gasteiger partial charge in [0.05, 0.1) is 0 Å². The first kappa shape index (κ1) is 16.5. The minimum Gasteiger partial charge on any atom is -0.479 e. The van der Waals surface area contributed by atoms with Crippen molar-refractivity contribution in [1.82, 2.24) is 5.32 Å². The lowest BCUT2D eigenvalue weighted by molar-refractivity contribution is -0.142. The minimum atomic E-state index is -1.03. The van der Waals surface area contributed by atoms with E-state index in [1.165, 1.54) is 0 Å². The van der Waals surface area contributed by atoms with Gasteiger partial charge in [0, 0.05) is 19.6 Å². The standard InChI is InChI=1S/C17H23NO4/c1-11-4-3-5-14(12(11)2)16(17(20)21)18-15(19)10-13-6-8-22-9-7-13/h3-5,13,16H,6-10H2,1-2H3,(H,18,19)(H,20,21). The average molecular weight is 305 g/mol. The van der Waals surface area contributed by atoms with Crippen LogP contribution in [-0.4, -0.2) is 30.2 Å². The Morgan fingerprint density at radius 1 is 1.32 bits per heavy atom. The summed E-state index contributed by atoms with van der Waals surface area (Å²) in [5.41, 5.74) is 2.57. The molecule has 5 heteroatoms. The number of ether oxygens (including phenoxy) is 1. The van der Waals surface area contributed by atoms with Gasteiger partial charge in [0.15, 0.2) is 6.04 Å². The summed E-state index contributed by atoms with van der Waals surface area (Å²) in [6.07, 6.45) is 2.07. The number of hydrogen-bond acceptors (Lipinski definition) is 3. The van der Waals surface area contributed by atoms with Crippen LogP contribution in [0.15, 0.2) is 18.2 Å². The number of carbonyl (C=O) groups is 2. The van der Waals surface area contributed by atoms with Gasteiger partial charge in [-0.15, -0.1) is 0 Å². The summed E-state index contributed by atoms with van der Waals surface area (Å²) in [4.78, 5) is 23.7. The van der Waals surface area contributed by atoms with Crippen LogP contribution in [0.5, 0.6) is 0 Å². The van der Waals surface area contributed by atoms with Crippen molar-refractivity contribution in [3.05, 3.63) is 34.9 Å². The molecule has 0 radical (unpaired) electrons. The molecule has 22 heavy (non-hydrogen) atoms. The van der Waals surface area contributed by atoms with Gasteiger partial charge in [0.1, 0.15) is 0 Å². The van der Waals surface area contributed by atoms with Crippen molar-refractivity contribution in [2.24, 2.45) is 5.92 Å². The summed E-state index contributed by atoms with van der Waals surface area (Å²) in [5.74, 6) is -0.962. The van der Waals surface area contributed by atoms with E-state index in [-0.39, 0.29) is 11.8 Å². The van der Waals surface area contributed by atoms with Gasteiger partial charge >= 0.3 is 5.97 Å². The summed E-state index contributed by atoms with van der Waals surface area (Å²) >= 11 is 0. The zero-order chi connectivity index (χ0) is 16.1. The highest BCUT2D eigenvalue weighted by Crippen LogP contribution is 2.23. The van der Waals surface area contributed by atoms with Crippen LogP contribution in [0.25, 0.3) is 0 Å². The number of carboxylic acids is 1. The van der Waals surface area contributed by atoms with Crippen LogP contribution in [0.3, 0.4) is 0 Å². The van der Waals surface area contributed by atoms with Crippen molar-refractivity contribution in [3.8, 4) is 0 Å². The molecule has 1 heterocycles. The Labute approximate surface area is 130 Å². The second-order valence-electron chi connectivity index (χ2n) is 5.89. The van der Waals surface area contributed by atoms with Gasteiger partial charge < -0.3 is 15.2 Å². The van der Waals surface area contributed by atoms with Crippen LogP contribution in [-0.2, 0) is 14.3 Å². The zero-order valence-electron chi connectivity index (χ0n) is 13.1. The van der Waals surface area contributed by atoms with Crippen LogP contribution in [0, 0.1) is 19.8 Å². The molecule has 120 valence electrons. The molecule has 2 rings (SSSR count). The third-order valence-corrected chi connectivity index (χ3v) is 4.32. The number of nitrogens with one attached hydrogen (secondary N) is 1. The van der Waals surface area contributed by atoms with Crippen LogP contribution in [0.4, 0.5) is 0 Å². The number of benzene rings is 1. The van der Waals surface area contributed by atoms with E-state index in [0.717, 1.165) is 24.0 Å². The average Bonchev–Trinajstić information content (AvgIpc) is 2.49. The molecule has 1 amide bonds. The monoisotopic (exact) mass is 305 g/mol. The summed E-state index contributed by atoms with van der Waals surface area (Å²) < 4.78 is 5.27. The Morgan fingerprint density at radius 3 is 2.64 bits per heavy atom. The lowest BCUT2D eigenvalue weighted by atomic mass is 9.94. The lowest BCUT2D eigenvalue weighted by Crippen LogP contribution is -2.35. The van der Waals surface area contributed by atoms with Gasteiger partial charge in [-0.3, -0.25) is 4.79 Å². The fraction of sp³-hybridized carbons (Fsp3) is 0.529. The summed E-state index contributed by atoms with van der Waals surface area (Å²) in [6.45, 7) is 5.17. The summed E-state index contributed by atoms with van der Waals surface area (Å²) in [5, 5.41) is 12.1. The number of aliphatic carboxylic acids is 1. The largest absolute Gasteiger partial charge is 0.479 e. The second kappa shape index (κ2) is 7.40. The van der Waals surface area contributed by atoms with Crippen molar-refractivity contribution < 1.29 is 19.4 Å². The first-order valence-electron chi connectivity index (χ1n) is 7.65. The highest BCUT2D eigenvalue weighted by molar-refractivity contribution is 5.85. The number of aryl methyl sites for hydroxylation is 1. The Morgan fingerprint density at radius 2 is 2.00 bits per heavy atom. The highest BCUT2D eigenvalue weighted by Gasteiger charge is 2.25. The molecule has 0 aromatic heterocycles. The molecule has 1 aromatic rings. The summed E-state index contributed by atoms with van der Waals surface area (Å²) in [6, 6.07) is 4.52. The molecule has 5 nitrogen and oxygen atoms in total. The first-order chi connectivity index (χ1) is 10.5. The Kier molecular flexibility index (Phi) is 5.55. The van der Waals surface area contributed by atoms with E-state index in [4.69, 9.17) is 4.74 Å². The van der Waals surface area contributed by atoms with E-state index < -0.39 is 12.0 Å². The molecule has 2 N–H and O–H groups in total. The number of amides is 1. The molecule has 1 saturated heterocycles. The third-order valence-electron chi connectivity index (χ3n) is 4.32. The Balaban J connectivity index is 2.06. The quantitative estimate of drug-likeness (QED) is 0.875. The third kappa shape index (κ3) is 4.07. The molecule has 1 aliphatic heterocycles. The molecule has 0 spiro atoms. The van der Waals surface area contributed by atoms with Gasteiger partial charge in [-0.1, -0.05) is 18.2 Å². The molecule has 0 bridgehead atoms. The van der Waals surface area contributed by atoms with Crippen molar-refractivity contribution in [2.45, 2.75) is 39.2 Å². The minimum absolute atomic E-state index is 0.208. The topological polar surface area (TPSA) is 75.6 Å². The van der Waals surface area contributed by atoms with E-state index >= 15 is 0 Å². The van der Waals surface area contributed by atoms with E-state index in [2.05, 4.69) is 5.32 Å². The van der Waals surface area contributed by atoms with E-state index in [1.807, 2.05) is 26.0 Å². The Hall–Kier alpha value is -1.88. The molecule has 1 atom stereocenters. The van der Waals surface area contributed by atoms with Crippen molar-refractivity contribution in [2.75, 3.05) is 13.2 Å². The highest BCUT2D eigenvalue weighted by atomic mass is 16.5. The first-order valence-corrected chi connectivity index (χ1v) is 7.65.